The molecule has 2 aromatic heterocycles. The maximum atomic E-state index is 13.8. The number of para-hydroxylation sites is 2. The van der Waals surface area contributed by atoms with Crippen LogP contribution in [0.5, 0.6) is 0 Å². The number of esters is 1. The van der Waals surface area contributed by atoms with Gasteiger partial charge in [-0.3, -0.25) is 19.1 Å². The van der Waals surface area contributed by atoms with Gasteiger partial charge in [-0.1, -0.05) is 48.5 Å². The Morgan fingerprint density at radius 1 is 1.06 bits per heavy atom. The average Bonchev–Trinajstić information content (AvgIpc) is 3.47. The van der Waals surface area contributed by atoms with Gasteiger partial charge in [-0.05, 0) is 42.5 Å². The van der Waals surface area contributed by atoms with Gasteiger partial charge in [0.2, 0.25) is 11.9 Å². The molecule has 6 nitrogen and oxygen atoms in total. The molecule has 0 fully saturated rings. The second-order valence-electron chi connectivity index (χ2n) is 7.69. The molecule has 1 aliphatic rings. The molecule has 0 saturated heterocycles. The zero-order chi connectivity index (χ0) is 22.1. The summed E-state index contributed by atoms with van der Waals surface area (Å²) in [6.45, 7) is 2.41. The van der Waals surface area contributed by atoms with Gasteiger partial charge in [0.05, 0.1) is 23.7 Å². The number of anilines is 1. The van der Waals surface area contributed by atoms with Gasteiger partial charge in [0.1, 0.15) is 0 Å². The van der Waals surface area contributed by atoms with Crippen molar-refractivity contribution in [2.45, 2.75) is 19.4 Å². The number of thiophene rings is 1. The van der Waals surface area contributed by atoms with E-state index in [0.29, 0.717) is 18.9 Å². The first kappa shape index (κ1) is 20.5. The van der Waals surface area contributed by atoms with Crippen LogP contribution in [0.4, 0.5) is 5.95 Å². The summed E-state index contributed by atoms with van der Waals surface area (Å²) in [5.41, 5.74) is 2.81. The summed E-state index contributed by atoms with van der Waals surface area (Å²) >= 11 is 1.53. The van der Waals surface area contributed by atoms with Crippen LogP contribution in [0.3, 0.4) is 0 Å². The number of ether oxygens (including phenoxy) is 1. The van der Waals surface area contributed by atoms with Crippen molar-refractivity contribution in [1.82, 2.24) is 9.55 Å². The van der Waals surface area contributed by atoms with E-state index in [1.54, 1.807) is 11.8 Å². The third-order valence-electron chi connectivity index (χ3n) is 5.79. The zero-order valence-electron chi connectivity index (χ0n) is 17.7. The van der Waals surface area contributed by atoms with Crippen molar-refractivity contribution in [3.05, 3.63) is 82.6 Å². The third kappa shape index (κ3) is 3.48. The van der Waals surface area contributed by atoms with E-state index >= 15 is 0 Å². The normalized spacial score (nSPS) is 18.0. The predicted molar refractivity (Wildman–Crippen MR) is 125 cm³/mol. The summed E-state index contributed by atoms with van der Waals surface area (Å²) in [7, 11) is 0. The van der Waals surface area contributed by atoms with Gasteiger partial charge in [-0.25, -0.2) is 4.98 Å². The van der Waals surface area contributed by atoms with Crippen molar-refractivity contribution in [2.75, 3.05) is 18.1 Å². The zero-order valence-corrected chi connectivity index (χ0v) is 18.5. The molecule has 0 bridgehead atoms. The standard InChI is InChI=1S/C25H23N3O3S/c1-2-31-24(30)21-22(20-13-8-16-32-20)28-19-12-7-6-11-18(19)26-25(28)27(23(21)29)15-14-17-9-4-3-5-10-17/h3-13,16,21-22H,2,14-15H2,1H3/t21-,22-/m0/s1. The predicted octanol–water partition coefficient (Wildman–Crippen LogP) is 4.46. The lowest BCUT2D eigenvalue weighted by Crippen LogP contribution is -2.50. The van der Waals surface area contributed by atoms with Crippen molar-refractivity contribution in [3.8, 4) is 0 Å². The van der Waals surface area contributed by atoms with Gasteiger partial charge in [-0.2, -0.15) is 0 Å². The highest BCUT2D eigenvalue weighted by molar-refractivity contribution is 7.10. The second kappa shape index (κ2) is 8.59. The summed E-state index contributed by atoms with van der Waals surface area (Å²) in [5, 5.41) is 1.96. The van der Waals surface area contributed by atoms with Crippen LogP contribution >= 0.6 is 11.3 Å². The Labute approximate surface area is 190 Å². The SMILES string of the molecule is CCOC(=O)[C@@H]1C(=O)N(CCc2ccccc2)c2nc3ccccc3n2[C@H]1c1cccs1. The molecule has 0 saturated carbocycles. The second-order valence-corrected chi connectivity index (χ2v) is 8.67. The van der Waals surface area contributed by atoms with Gasteiger partial charge in [0.25, 0.3) is 0 Å². The van der Waals surface area contributed by atoms with E-state index in [4.69, 9.17) is 9.72 Å². The highest BCUT2D eigenvalue weighted by atomic mass is 32.1. The molecule has 7 heteroatoms. The van der Waals surface area contributed by atoms with Crippen LogP contribution in [0, 0.1) is 5.92 Å². The van der Waals surface area contributed by atoms with E-state index in [-0.39, 0.29) is 12.5 Å². The number of hydrogen-bond acceptors (Lipinski definition) is 5. The van der Waals surface area contributed by atoms with Gasteiger partial charge in [0.15, 0.2) is 5.92 Å². The molecule has 32 heavy (non-hydrogen) atoms. The van der Waals surface area contributed by atoms with E-state index in [2.05, 4.69) is 0 Å². The molecule has 0 aliphatic carbocycles. The lowest BCUT2D eigenvalue weighted by molar-refractivity contribution is -0.153. The molecule has 0 spiro atoms. The summed E-state index contributed by atoms with van der Waals surface area (Å²) in [6.07, 6.45) is 0.662. The Morgan fingerprint density at radius 2 is 1.84 bits per heavy atom. The van der Waals surface area contributed by atoms with Gasteiger partial charge in [0, 0.05) is 11.4 Å². The van der Waals surface area contributed by atoms with Crippen LogP contribution in [0.15, 0.2) is 72.1 Å². The van der Waals surface area contributed by atoms with Gasteiger partial charge < -0.3 is 4.74 Å². The molecule has 0 unspecified atom stereocenters. The number of fused-ring (bicyclic) bond motifs is 3. The summed E-state index contributed by atoms with van der Waals surface area (Å²) in [5.74, 6) is -1.15. The molecule has 162 valence electrons. The molecular formula is C25H23N3O3S. The molecular weight excluding hydrogens is 422 g/mol. The number of hydrogen-bond donors (Lipinski definition) is 0. The Bertz CT molecular complexity index is 1250. The van der Waals surface area contributed by atoms with Crippen LogP contribution in [0.25, 0.3) is 11.0 Å². The first-order chi connectivity index (χ1) is 15.7. The van der Waals surface area contributed by atoms with Crippen LogP contribution < -0.4 is 4.90 Å². The average molecular weight is 446 g/mol. The molecule has 2 aromatic carbocycles. The van der Waals surface area contributed by atoms with Crippen molar-refractivity contribution in [1.29, 1.82) is 0 Å². The van der Waals surface area contributed by atoms with Gasteiger partial charge in [-0.15, -0.1) is 11.3 Å². The van der Waals surface area contributed by atoms with E-state index in [1.807, 2.05) is 76.7 Å². The molecule has 1 aliphatic heterocycles. The number of rotatable bonds is 6. The van der Waals surface area contributed by atoms with Gasteiger partial charge >= 0.3 is 5.97 Å². The third-order valence-corrected chi connectivity index (χ3v) is 6.73. The number of carbonyl (C=O) groups is 2. The smallest absolute Gasteiger partial charge is 0.321 e. The topological polar surface area (TPSA) is 64.4 Å². The molecule has 4 aromatic rings. The van der Waals surface area contributed by atoms with Crippen molar-refractivity contribution < 1.29 is 14.3 Å². The Balaban J connectivity index is 1.66. The minimum atomic E-state index is -0.963. The monoisotopic (exact) mass is 445 g/mol. The van der Waals surface area contributed by atoms with E-state index in [1.165, 1.54) is 11.3 Å². The molecule has 1 amide bonds. The summed E-state index contributed by atoms with van der Waals surface area (Å²) < 4.78 is 7.42. The Kier molecular flexibility index (Phi) is 5.49. The first-order valence-corrected chi connectivity index (χ1v) is 11.6. The number of aromatic nitrogens is 2. The van der Waals surface area contributed by atoms with Crippen molar-refractivity contribution in [2.24, 2.45) is 5.92 Å². The quantitative estimate of drug-likeness (QED) is 0.325. The van der Waals surface area contributed by atoms with E-state index in [9.17, 15) is 9.59 Å². The van der Waals surface area contributed by atoms with E-state index in [0.717, 1.165) is 21.5 Å². The Morgan fingerprint density at radius 3 is 2.59 bits per heavy atom. The van der Waals surface area contributed by atoms with Crippen molar-refractivity contribution in [3.63, 3.8) is 0 Å². The number of nitrogens with zero attached hydrogens (tertiary/aromatic N) is 3. The van der Waals surface area contributed by atoms with Crippen LogP contribution in [-0.2, 0) is 20.7 Å². The molecule has 2 atom stereocenters. The summed E-state index contributed by atoms with van der Waals surface area (Å²) in [6, 6.07) is 21.2. The number of benzene rings is 2. The molecule has 3 heterocycles. The molecule has 0 N–H and O–H groups in total. The molecule has 5 rings (SSSR count). The minimum Gasteiger partial charge on any atom is -0.465 e. The number of imidazole rings is 1. The highest BCUT2D eigenvalue weighted by Gasteiger charge is 2.48. The fourth-order valence-electron chi connectivity index (χ4n) is 4.36. The highest BCUT2D eigenvalue weighted by Crippen LogP contribution is 2.42. The maximum absolute atomic E-state index is 13.8. The molecule has 0 radical (unpaired) electrons. The number of amides is 1. The first-order valence-electron chi connectivity index (χ1n) is 10.7. The lowest BCUT2D eigenvalue weighted by atomic mass is 9.93. The number of carbonyl (C=O) groups excluding carboxylic acids is 2. The largest absolute Gasteiger partial charge is 0.465 e. The van der Waals surface area contributed by atoms with Crippen molar-refractivity contribution >= 4 is 40.2 Å². The van der Waals surface area contributed by atoms with Crippen LogP contribution in [-0.4, -0.2) is 34.6 Å². The lowest BCUT2D eigenvalue weighted by Gasteiger charge is -2.37. The van der Waals surface area contributed by atoms with Crippen LogP contribution in [0.1, 0.15) is 23.4 Å². The minimum absolute atomic E-state index is 0.224. The Hall–Kier alpha value is -3.45. The fourth-order valence-corrected chi connectivity index (χ4v) is 5.21. The summed E-state index contributed by atoms with van der Waals surface area (Å²) in [4.78, 5) is 34.3. The van der Waals surface area contributed by atoms with Crippen LogP contribution in [0.2, 0.25) is 0 Å². The van der Waals surface area contributed by atoms with E-state index < -0.39 is 17.9 Å². The fraction of sp³-hybridized carbons (Fsp3) is 0.240. The maximum Gasteiger partial charge on any atom is 0.321 e.